The average molecular weight is 143 g/mol. The SMILES string of the molecule is CCC(CC)=C(C)[N+](=O)[O-]. The molecule has 0 rings (SSSR count). The van der Waals surface area contributed by atoms with Crippen molar-refractivity contribution in [2.45, 2.75) is 33.6 Å². The van der Waals surface area contributed by atoms with Crippen molar-refractivity contribution >= 4 is 0 Å². The molecule has 0 aliphatic heterocycles. The highest BCUT2D eigenvalue weighted by Gasteiger charge is 2.07. The lowest BCUT2D eigenvalue weighted by atomic mass is 10.1. The summed E-state index contributed by atoms with van der Waals surface area (Å²) in [5.41, 5.74) is 1.25. The number of nitrogens with zero attached hydrogens (tertiary/aromatic N) is 1. The Bertz CT molecular complexity index is 155. The molecule has 0 aromatic heterocycles. The standard InChI is InChI=1S/C7H13NO2/c1-4-7(5-2)6(3)8(9)10/h4-5H2,1-3H3. The summed E-state index contributed by atoms with van der Waals surface area (Å²) in [6, 6.07) is 0. The van der Waals surface area contributed by atoms with Gasteiger partial charge < -0.3 is 0 Å². The fourth-order valence-electron chi connectivity index (χ4n) is 0.891. The summed E-state index contributed by atoms with van der Waals surface area (Å²) in [6.07, 6.45) is 1.56. The highest BCUT2D eigenvalue weighted by atomic mass is 16.6. The molecule has 0 aromatic carbocycles. The van der Waals surface area contributed by atoms with E-state index in [-0.39, 0.29) is 4.92 Å². The molecule has 0 N–H and O–H groups in total. The molecule has 0 radical (unpaired) electrons. The van der Waals surface area contributed by atoms with Gasteiger partial charge in [-0.05, 0) is 12.8 Å². The van der Waals surface area contributed by atoms with Crippen molar-refractivity contribution in [3.63, 3.8) is 0 Å². The number of hydrogen-bond donors (Lipinski definition) is 0. The topological polar surface area (TPSA) is 43.1 Å². The van der Waals surface area contributed by atoms with Crippen LogP contribution in [-0.4, -0.2) is 4.92 Å². The molecule has 0 aliphatic carbocycles. The van der Waals surface area contributed by atoms with Crippen LogP contribution in [0.15, 0.2) is 11.3 Å². The molecule has 3 nitrogen and oxygen atoms in total. The first-order valence-electron chi connectivity index (χ1n) is 3.46. The fraction of sp³-hybridized carbons (Fsp3) is 0.714. The van der Waals surface area contributed by atoms with E-state index in [0.29, 0.717) is 5.70 Å². The molecule has 0 saturated heterocycles. The van der Waals surface area contributed by atoms with Crippen LogP contribution in [0.3, 0.4) is 0 Å². The van der Waals surface area contributed by atoms with Crippen molar-refractivity contribution < 1.29 is 4.92 Å². The summed E-state index contributed by atoms with van der Waals surface area (Å²) in [7, 11) is 0. The van der Waals surface area contributed by atoms with Crippen LogP contribution in [0.1, 0.15) is 33.6 Å². The summed E-state index contributed by atoms with van der Waals surface area (Å²) < 4.78 is 0. The molecule has 0 fully saturated rings. The van der Waals surface area contributed by atoms with E-state index in [1.54, 1.807) is 6.92 Å². The molecule has 0 spiro atoms. The van der Waals surface area contributed by atoms with Crippen molar-refractivity contribution in [2.24, 2.45) is 0 Å². The van der Waals surface area contributed by atoms with Gasteiger partial charge in [-0.25, -0.2) is 0 Å². The van der Waals surface area contributed by atoms with Gasteiger partial charge in [-0.15, -0.1) is 0 Å². The van der Waals surface area contributed by atoms with Gasteiger partial charge >= 0.3 is 0 Å². The van der Waals surface area contributed by atoms with Gasteiger partial charge in [-0.3, -0.25) is 10.1 Å². The first-order valence-corrected chi connectivity index (χ1v) is 3.46. The van der Waals surface area contributed by atoms with Gasteiger partial charge in [0.1, 0.15) is 0 Å². The summed E-state index contributed by atoms with van der Waals surface area (Å²) >= 11 is 0. The minimum absolute atomic E-state index is 0.310. The molecule has 0 heterocycles. The van der Waals surface area contributed by atoms with E-state index >= 15 is 0 Å². The largest absolute Gasteiger partial charge is 0.259 e. The predicted octanol–water partition coefficient (Wildman–Crippen LogP) is 2.36. The molecular formula is C7H13NO2. The number of allylic oxidation sites excluding steroid dienone is 2. The Kier molecular flexibility index (Phi) is 3.69. The molecule has 0 unspecified atom stereocenters. The van der Waals surface area contributed by atoms with Crippen molar-refractivity contribution in [1.82, 2.24) is 0 Å². The lowest BCUT2D eigenvalue weighted by molar-refractivity contribution is -0.425. The van der Waals surface area contributed by atoms with E-state index < -0.39 is 0 Å². The fourth-order valence-corrected chi connectivity index (χ4v) is 0.891. The molecule has 0 saturated carbocycles. The van der Waals surface area contributed by atoms with Crippen LogP contribution >= 0.6 is 0 Å². The first-order chi connectivity index (χ1) is 4.63. The zero-order valence-electron chi connectivity index (χ0n) is 6.68. The minimum atomic E-state index is -0.317. The van der Waals surface area contributed by atoms with Crippen molar-refractivity contribution in [3.05, 3.63) is 21.4 Å². The third kappa shape index (κ3) is 2.17. The lowest BCUT2D eigenvalue weighted by Crippen LogP contribution is -1.98. The van der Waals surface area contributed by atoms with Crippen molar-refractivity contribution in [3.8, 4) is 0 Å². The zero-order chi connectivity index (χ0) is 8.15. The summed E-state index contributed by atoms with van der Waals surface area (Å²) in [5.74, 6) is 0. The van der Waals surface area contributed by atoms with Gasteiger partial charge in [0.15, 0.2) is 0 Å². The van der Waals surface area contributed by atoms with Crippen molar-refractivity contribution in [2.75, 3.05) is 0 Å². The van der Waals surface area contributed by atoms with Crippen LogP contribution in [0.5, 0.6) is 0 Å². The monoisotopic (exact) mass is 143 g/mol. The maximum absolute atomic E-state index is 10.2. The number of rotatable bonds is 3. The lowest BCUT2D eigenvalue weighted by Gasteiger charge is -1.98. The van der Waals surface area contributed by atoms with E-state index in [9.17, 15) is 10.1 Å². The van der Waals surface area contributed by atoms with Gasteiger partial charge in [0, 0.05) is 12.5 Å². The second-order valence-corrected chi connectivity index (χ2v) is 2.15. The number of hydrogen-bond acceptors (Lipinski definition) is 2. The second-order valence-electron chi connectivity index (χ2n) is 2.15. The molecule has 0 atom stereocenters. The van der Waals surface area contributed by atoms with Gasteiger partial charge in [0.25, 0.3) is 0 Å². The van der Waals surface area contributed by atoms with Gasteiger partial charge in [-0.1, -0.05) is 13.8 Å². The zero-order valence-corrected chi connectivity index (χ0v) is 6.68. The maximum atomic E-state index is 10.2. The smallest absolute Gasteiger partial charge is 0.242 e. The predicted molar refractivity (Wildman–Crippen MR) is 40.3 cm³/mol. The number of nitro groups is 1. The Balaban J connectivity index is 4.43. The normalized spacial score (nSPS) is 9.10. The van der Waals surface area contributed by atoms with Crippen LogP contribution in [0, 0.1) is 10.1 Å². The molecule has 0 bridgehead atoms. The third-order valence-corrected chi connectivity index (χ3v) is 1.64. The minimum Gasteiger partial charge on any atom is -0.259 e. The van der Waals surface area contributed by atoms with Crippen LogP contribution in [-0.2, 0) is 0 Å². The van der Waals surface area contributed by atoms with E-state index in [0.717, 1.165) is 18.4 Å². The van der Waals surface area contributed by atoms with Gasteiger partial charge in [0.2, 0.25) is 5.70 Å². The van der Waals surface area contributed by atoms with Crippen LogP contribution in [0.25, 0.3) is 0 Å². The molecule has 0 aromatic rings. The van der Waals surface area contributed by atoms with Gasteiger partial charge in [0.05, 0.1) is 4.92 Å². The first kappa shape index (κ1) is 9.14. The highest BCUT2D eigenvalue weighted by Crippen LogP contribution is 2.11. The molecule has 0 amide bonds. The molecule has 10 heavy (non-hydrogen) atoms. The summed E-state index contributed by atoms with van der Waals surface area (Å²) in [5, 5.41) is 10.2. The van der Waals surface area contributed by atoms with Gasteiger partial charge in [-0.2, -0.15) is 0 Å². The van der Waals surface area contributed by atoms with Crippen LogP contribution < -0.4 is 0 Å². The Morgan fingerprint density at radius 3 is 1.90 bits per heavy atom. The van der Waals surface area contributed by atoms with E-state index in [1.165, 1.54) is 0 Å². The molecule has 0 aliphatic rings. The van der Waals surface area contributed by atoms with E-state index in [1.807, 2.05) is 13.8 Å². The van der Waals surface area contributed by atoms with E-state index in [4.69, 9.17) is 0 Å². The maximum Gasteiger partial charge on any atom is 0.242 e. The van der Waals surface area contributed by atoms with Crippen molar-refractivity contribution in [1.29, 1.82) is 0 Å². The average Bonchev–Trinajstić information content (AvgIpc) is 1.90. The Morgan fingerprint density at radius 2 is 1.80 bits per heavy atom. The quantitative estimate of drug-likeness (QED) is 0.449. The Hall–Kier alpha value is -0.860. The highest BCUT2D eigenvalue weighted by molar-refractivity contribution is 5.03. The van der Waals surface area contributed by atoms with Crippen LogP contribution in [0.2, 0.25) is 0 Å². The van der Waals surface area contributed by atoms with E-state index in [2.05, 4.69) is 0 Å². The summed E-state index contributed by atoms with van der Waals surface area (Å²) in [6.45, 7) is 5.43. The third-order valence-electron chi connectivity index (χ3n) is 1.64. The Morgan fingerprint density at radius 1 is 1.40 bits per heavy atom. The summed E-state index contributed by atoms with van der Waals surface area (Å²) in [4.78, 5) is 9.89. The molecule has 3 heteroatoms. The van der Waals surface area contributed by atoms with Crippen LogP contribution in [0.4, 0.5) is 0 Å². The molecular weight excluding hydrogens is 130 g/mol. The Labute approximate surface area is 60.9 Å². The second kappa shape index (κ2) is 4.04. The molecule has 58 valence electrons.